The largest absolute Gasteiger partial charge is 0.467 e. The average molecular weight is 410 g/mol. The Balaban J connectivity index is 1.64. The van der Waals surface area contributed by atoms with E-state index in [4.69, 9.17) is 4.42 Å². The van der Waals surface area contributed by atoms with Crippen LogP contribution in [0.15, 0.2) is 81.9 Å². The molecule has 4 rings (SSSR count). The van der Waals surface area contributed by atoms with Crippen molar-refractivity contribution in [3.63, 3.8) is 0 Å². The highest BCUT2D eigenvalue weighted by Crippen LogP contribution is 2.30. The molecular formula is C24H18N4O3. The van der Waals surface area contributed by atoms with Gasteiger partial charge in [-0.1, -0.05) is 42.0 Å². The Morgan fingerprint density at radius 1 is 1.03 bits per heavy atom. The summed E-state index contributed by atoms with van der Waals surface area (Å²) in [6, 6.07) is 19.7. The van der Waals surface area contributed by atoms with Gasteiger partial charge in [-0.2, -0.15) is 5.26 Å². The number of nitrogens with one attached hydrogen (secondary N) is 2. The Hall–Kier alpha value is -4.44. The van der Waals surface area contributed by atoms with E-state index in [1.165, 1.54) is 6.26 Å². The van der Waals surface area contributed by atoms with Crippen LogP contribution in [0.3, 0.4) is 0 Å². The van der Waals surface area contributed by atoms with Crippen LogP contribution >= 0.6 is 0 Å². The summed E-state index contributed by atoms with van der Waals surface area (Å²) >= 11 is 0. The lowest BCUT2D eigenvalue weighted by molar-refractivity contribution is -0.117. The molecule has 1 aliphatic rings. The molecule has 0 aliphatic carbocycles. The van der Waals surface area contributed by atoms with Crippen molar-refractivity contribution in [3.8, 4) is 6.07 Å². The third-order valence-corrected chi connectivity index (χ3v) is 4.79. The number of hydrogen-bond acceptors (Lipinski definition) is 5. The lowest BCUT2D eigenvalue weighted by Crippen LogP contribution is -2.30. The van der Waals surface area contributed by atoms with E-state index in [2.05, 4.69) is 15.6 Å². The third kappa shape index (κ3) is 4.14. The number of nitriles is 1. The van der Waals surface area contributed by atoms with Gasteiger partial charge in [-0.25, -0.2) is 4.99 Å². The van der Waals surface area contributed by atoms with E-state index in [0.29, 0.717) is 28.3 Å². The molecule has 7 nitrogen and oxygen atoms in total. The summed E-state index contributed by atoms with van der Waals surface area (Å²) in [5, 5.41) is 15.1. The van der Waals surface area contributed by atoms with Crippen molar-refractivity contribution in [1.29, 1.82) is 5.26 Å². The molecule has 2 amide bonds. The number of nitrogens with zero attached hydrogens (tertiary/aromatic N) is 2. The molecule has 152 valence electrons. The molecule has 0 radical (unpaired) electrons. The van der Waals surface area contributed by atoms with Crippen LogP contribution in [0.5, 0.6) is 0 Å². The number of amidine groups is 1. The predicted octanol–water partition coefficient (Wildman–Crippen LogP) is 3.33. The molecule has 7 heteroatoms. The maximum Gasteiger partial charge on any atom is 0.264 e. The van der Waals surface area contributed by atoms with Crippen LogP contribution in [0.25, 0.3) is 5.70 Å². The molecule has 3 aromatic rings. The minimum Gasteiger partial charge on any atom is -0.467 e. The van der Waals surface area contributed by atoms with E-state index in [9.17, 15) is 14.9 Å². The summed E-state index contributed by atoms with van der Waals surface area (Å²) in [5.41, 5.74) is 2.85. The smallest absolute Gasteiger partial charge is 0.264 e. The van der Waals surface area contributed by atoms with E-state index in [0.717, 1.165) is 5.56 Å². The molecule has 31 heavy (non-hydrogen) atoms. The van der Waals surface area contributed by atoms with Crippen LogP contribution < -0.4 is 10.6 Å². The van der Waals surface area contributed by atoms with Gasteiger partial charge < -0.3 is 15.1 Å². The summed E-state index contributed by atoms with van der Waals surface area (Å²) in [7, 11) is 0. The van der Waals surface area contributed by atoms with Gasteiger partial charge in [0.15, 0.2) is 0 Å². The molecule has 0 unspecified atom stereocenters. The fourth-order valence-electron chi connectivity index (χ4n) is 3.18. The minimum atomic E-state index is -0.571. The van der Waals surface area contributed by atoms with Crippen molar-refractivity contribution in [2.24, 2.45) is 4.99 Å². The molecule has 2 N–H and O–H groups in total. The SMILES string of the molecule is Cc1ccc(C(=O)NC2=N/C(=C(\C#N)C(=O)NCc3ccco3)c3ccccc32)cc1. The van der Waals surface area contributed by atoms with Gasteiger partial charge in [0, 0.05) is 16.7 Å². The molecule has 0 saturated carbocycles. The number of carbonyl (C=O) groups excluding carboxylic acids is 2. The van der Waals surface area contributed by atoms with Crippen molar-refractivity contribution >= 4 is 23.3 Å². The van der Waals surface area contributed by atoms with Gasteiger partial charge in [-0.15, -0.1) is 0 Å². The number of furan rings is 1. The van der Waals surface area contributed by atoms with Crippen molar-refractivity contribution < 1.29 is 14.0 Å². The highest BCUT2D eigenvalue weighted by Gasteiger charge is 2.27. The number of benzene rings is 2. The van der Waals surface area contributed by atoms with Crippen molar-refractivity contribution in [2.75, 3.05) is 0 Å². The number of carbonyl (C=O) groups is 2. The van der Waals surface area contributed by atoms with Crippen LogP contribution in [-0.4, -0.2) is 17.6 Å². The van der Waals surface area contributed by atoms with Crippen LogP contribution in [-0.2, 0) is 11.3 Å². The van der Waals surface area contributed by atoms with E-state index in [-0.39, 0.29) is 23.7 Å². The number of rotatable bonds is 4. The van der Waals surface area contributed by atoms with Gasteiger partial charge in [0.25, 0.3) is 11.8 Å². The molecule has 0 bridgehead atoms. The maximum atomic E-state index is 12.7. The number of amides is 2. The molecule has 0 spiro atoms. The fraction of sp³-hybridized carbons (Fsp3) is 0.0833. The quantitative estimate of drug-likeness (QED) is 0.508. The van der Waals surface area contributed by atoms with Crippen LogP contribution in [0.4, 0.5) is 0 Å². The maximum absolute atomic E-state index is 12.7. The summed E-state index contributed by atoms with van der Waals surface area (Å²) in [6.07, 6.45) is 1.51. The Bertz CT molecular complexity index is 1250. The number of fused-ring (bicyclic) bond motifs is 1. The highest BCUT2D eigenvalue weighted by molar-refractivity contribution is 6.20. The first-order valence-corrected chi connectivity index (χ1v) is 9.58. The van der Waals surface area contributed by atoms with Crippen molar-refractivity contribution in [3.05, 3.63) is 101 Å². The van der Waals surface area contributed by atoms with Crippen LogP contribution in [0, 0.1) is 18.3 Å². The zero-order valence-electron chi connectivity index (χ0n) is 16.7. The zero-order valence-corrected chi connectivity index (χ0v) is 16.7. The molecule has 2 heterocycles. The second-order valence-corrected chi connectivity index (χ2v) is 6.92. The molecule has 2 aromatic carbocycles. The number of aliphatic imine (C=N–C) groups is 1. The van der Waals surface area contributed by atoms with Gasteiger partial charge in [-0.3, -0.25) is 9.59 Å². The molecule has 0 saturated heterocycles. The number of aryl methyl sites for hydroxylation is 1. The number of hydrogen-bond donors (Lipinski definition) is 2. The second-order valence-electron chi connectivity index (χ2n) is 6.92. The fourth-order valence-corrected chi connectivity index (χ4v) is 3.18. The standard InChI is InChI=1S/C24H18N4O3/c1-15-8-10-16(11-9-15)23(29)28-22-19-7-3-2-6-18(19)21(27-22)20(13-25)24(30)26-14-17-5-4-12-31-17/h2-12H,14H2,1H3,(H,26,30)(H,27,28,29)/b21-20+. The normalized spacial score (nSPS) is 13.6. The summed E-state index contributed by atoms with van der Waals surface area (Å²) in [4.78, 5) is 29.8. The average Bonchev–Trinajstić information content (AvgIpc) is 3.42. The summed E-state index contributed by atoms with van der Waals surface area (Å²) < 4.78 is 5.20. The van der Waals surface area contributed by atoms with Gasteiger partial charge in [-0.05, 0) is 31.2 Å². The van der Waals surface area contributed by atoms with E-state index >= 15 is 0 Å². The third-order valence-electron chi connectivity index (χ3n) is 4.79. The first-order valence-electron chi connectivity index (χ1n) is 9.58. The Morgan fingerprint density at radius 3 is 2.45 bits per heavy atom. The molecular weight excluding hydrogens is 392 g/mol. The van der Waals surface area contributed by atoms with E-state index in [1.807, 2.05) is 25.1 Å². The monoisotopic (exact) mass is 410 g/mol. The van der Waals surface area contributed by atoms with Crippen LogP contribution in [0.2, 0.25) is 0 Å². The van der Waals surface area contributed by atoms with Crippen molar-refractivity contribution in [1.82, 2.24) is 10.6 Å². The highest BCUT2D eigenvalue weighted by atomic mass is 16.3. The molecule has 0 fully saturated rings. The Kier molecular flexibility index (Phi) is 5.45. The zero-order chi connectivity index (χ0) is 21.8. The minimum absolute atomic E-state index is 0.140. The Morgan fingerprint density at radius 2 is 1.77 bits per heavy atom. The lowest BCUT2D eigenvalue weighted by Gasteiger charge is -2.06. The molecule has 0 atom stereocenters. The summed E-state index contributed by atoms with van der Waals surface area (Å²) in [5.74, 6) is -0.0334. The molecule has 1 aromatic heterocycles. The molecule has 1 aliphatic heterocycles. The van der Waals surface area contributed by atoms with Gasteiger partial charge in [0.05, 0.1) is 18.5 Å². The van der Waals surface area contributed by atoms with Gasteiger partial charge in [0.2, 0.25) is 0 Å². The second kappa shape index (κ2) is 8.51. The van der Waals surface area contributed by atoms with Crippen molar-refractivity contribution in [2.45, 2.75) is 13.5 Å². The van der Waals surface area contributed by atoms with E-state index in [1.54, 1.807) is 48.5 Å². The van der Waals surface area contributed by atoms with E-state index < -0.39 is 5.91 Å². The Labute approximate surface area is 178 Å². The topological polar surface area (TPSA) is 107 Å². The van der Waals surface area contributed by atoms with Crippen LogP contribution in [0.1, 0.15) is 32.8 Å². The first kappa shape index (κ1) is 19.9. The predicted molar refractivity (Wildman–Crippen MR) is 115 cm³/mol. The lowest BCUT2D eigenvalue weighted by atomic mass is 10.0. The summed E-state index contributed by atoms with van der Waals surface area (Å²) in [6.45, 7) is 2.09. The first-order chi connectivity index (χ1) is 15.1. The van der Waals surface area contributed by atoms with Gasteiger partial charge >= 0.3 is 0 Å². The van der Waals surface area contributed by atoms with Gasteiger partial charge in [0.1, 0.15) is 23.2 Å².